The zero-order valence-corrected chi connectivity index (χ0v) is 10.5. The Morgan fingerprint density at radius 3 is 2.56 bits per heavy atom. The van der Waals surface area contributed by atoms with Crippen LogP contribution in [0.5, 0.6) is 0 Å². The monoisotopic (exact) mass is 229 g/mol. The fraction of sp³-hybridized carbons (Fsp3) is 0.917. The molecule has 0 aromatic rings. The predicted molar refractivity (Wildman–Crippen MR) is 62.1 cm³/mol. The van der Waals surface area contributed by atoms with Gasteiger partial charge in [-0.3, -0.25) is 4.79 Å². The van der Waals surface area contributed by atoms with Crippen LogP contribution in [0, 0.1) is 0 Å². The zero-order chi connectivity index (χ0) is 12.2. The summed E-state index contributed by atoms with van der Waals surface area (Å²) in [5.41, 5.74) is -0.441. The molecule has 0 aromatic heterocycles. The van der Waals surface area contributed by atoms with E-state index in [0.29, 0.717) is 0 Å². The highest BCUT2D eigenvalue weighted by Crippen LogP contribution is 2.18. The van der Waals surface area contributed by atoms with Gasteiger partial charge in [0.15, 0.2) is 0 Å². The zero-order valence-electron chi connectivity index (χ0n) is 10.5. The van der Waals surface area contributed by atoms with Gasteiger partial charge in [0.1, 0.15) is 5.60 Å². The van der Waals surface area contributed by atoms with E-state index in [1.165, 1.54) is 0 Å². The predicted octanol–water partition coefficient (Wildman–Crippen LogP) is 1.22. The highest BCUT2D eigenvalue weighted by molar-refractivity contribution is 5.72. The van der Waals surface area contributed by atoms with Crippen molar-refractivity contribution in [3.8, 4) is 0 Å². The quantitative estimate of drug-likeness (QED) is 0.714. The lowest BCUT2D eigenvalue weighted by atomic mass is 9.93. The Morgan fingerprint density at radius 1 is 1.38 bits per heavy atom. The van der Waals surface area contributed by atoms with E-state index in [9.17, 15) is 9.90 Å². The molecule has 0 spiro atoms. The van der Waals surface area contributed by atoms with Gasteiger partial charge in [0.2, 0.25) is 0 Å². The van der Waals surface area contributed by atoms with Gasteiger partial charge < -0.3 is 15.2 Å². The topological polar surface area (TPSA) is 58.6 Å². The minimum Gasteiger partial charge on any atom is -0.459 e. The van der Waals surface area contributed by atoms with Crippen LogP contribution in [-0.2, 0) is 9.53 Å². The summed E-state index contributed by atoms with van der Waals surface area (Å²) in [6.07, 6.45) is 3.63. The lowest BCUT2D eigenvalue weighted by Crippen LogP contribution is -2.45. The second-order valence-corrected chi connectivity index (χ2v) is 5.43. The van der Waals surface area contributed by atoms with E-state index in [-0.39, 0.29) is 24.7 Å². The molecule has 0 aromatic carbocycles. The van der Waals surface area contributed by atoms with Crippen molar-refractivity contribution >= 4 is 5.97 Å². The normalized spacial score (nSPS) is 26.5. The first kappa shape index (κ1) is 13.5. The number of esters is 1. The Labute approximate surface area is 97.4 Å². The summed E-state index contributed by atoms with van der Waals surface area (Å²) in [6, 6.07) is 0.0428. The Balaban J connectivity index is 2.25. The average Bonchev–Trinajstić information content (AvgIpc) is 2.14. The van der Waals surface area contributed by atoms with Crippen LogP contribution in [0.15, 0.2) is 0 Å². The standard InChI is InChI=1S/C12H23NO3/c1-12(2,3)16-11(15)8-13-9-6-4-5-7-10(9)14/h9-10,13-14H,4-8H2,1-3H3/t9-,10-/m1/s1. The summed E-state index contributed by atoms with van der Waals surface area (Å²) in [5.74, 6) is -0.259. The Kier molecular flexibility index (Phi) is 4.74. The number of hydrogen-bond donors (Lipinski definition) is 2. The fourth-order valence-electron chi connectivity index (χ4n) is 1.94. The average molecular weight is 229 g/mol. The molecule has 0 saturated heterocycles. The van der Waals surface area contributed by atoms with Crippen molar-refractivity contribution in [2.45, 2.75) is 64.2 Å². The fourth-order valence-corrected chi connectivity index (χ4v) is 1.94. The maximum absolute atomic E-state index is 11.4. The van der Waals surface area contributed by atoms with E-state index in [4.69, 9.17) is 4.74 Å². The summed E-state index contributed by atoms with van der Waals surface area (Å²) in [7, 11) is 0. The lowest BCUT2D eigenvalue weighted by Gasteiger charge is -2.28. The van der Waals surface area contributed by atoms with Crippen molar-refractivity contribution in [2.75, 3.05) is 6.54 Å². The maximum atomic E-state index is 11.4. The number of aliphatic hydroxyl groups is 1. The third-order valence-electron chi connectivity index (χ3n) is 2.66. The first-order valence-corrected chi connectivity index (χ1v) is 6.02. The van der Waals surface area contributed by atoms with Crippen molar-refractivity contribution in [2.24, 2.45) is 0 Å². The van der Waals surface area contributed by atoms with Crippen molar-refractivity contribution < 1.29 is 14.6 Å². The van der Waals surface area contributed by atoms with Gasteiger partial charge in [0.25, 0.3) is 0 Å². The molecule has 1 aliphatic carbocycles. The van der Waals surface area contributed by atoms with Crippen LogP contribution in [0.3, 0.4) is 0 Å². The first-order valence-electron chi connectivity index (χ1n) is 6.02. The lowest BCUT2D eigenvalue weighted by molar-refractivity contribution is -0.153. The largest absolute Gasteiger partial charge is 0.459 e. The minimum absolute atomic E-state index is 0.0428. The molecular weight excluding hydrogens is 206 g/mol. The van der Waals surface area contributed by atoms with Gasteiger partial charge in [-0.15, -0.1) is 0 Å². The van der Waals surface area contributed by atoms with Crippen LogP contribution < -0.4 is 5.32 Å². The molecule has 16 heavy (non-hydrogen) atoms. The summed E-state index contributed by atoms with van der Waals surface area (Å²) in [4.78, 5) is 11.4. The highest BCUT2D eigenvalue weighted by Gasteiger charge is 2.24. The molecule has 2 atom stereocenters. The number of aliphatic hydroxyl groups excluding tert-OH is 1. The molecule has 2 N–H and O–H groups in total. The molecule has 4 heteroatoms. The van der Waals surface area contributed by atoms with Crippen LogP contribution in [-0.4, -0.2) is 35.4 Å². The van der Waals surface area contributed by atoms with E-state index < -0.39 is 5.60 Å². The van der Waals surface area contributed by atoms with E-state index in [0.717, 1.165) is 25.7 Å². The van der Waals surface area contributed by atoms with E-state index in [1.54, 1.807) is 0 Å². The minimum atomic E-state index is -0.441. The van der Waals surface area contributed by atoms with Crippen LogP contribution in [0.2, 0.25) is 0 Å². The van der Waals surface area contributed by atoms with Crippen molar-refractivity contribution in [3.63, 3.8) is 0 Å². The van der Waals surface area contributed by atoms with Gasteiger partial charge in [0.05, 0.1) is 12.6 Å². The molecular formula is C12H23NO3. The number of ether oxygens (including phenoxy) is 1. The van der Waals surface area contributed by atoms with Crippen LogP contribution in [0.1, 0.15) is 46.5 Å². The highest BCUT2D eigenvalue weighted by atomic mass is 16.6. The molecule has 0 heterocycles. The first-order chi connectivity index (χ1) is 7.38. The Morgan fingerprint density at radius 2 is 2.00 bits per heavy atom. The summed E-state index contributed by atoms with van der Waals surface area (Å²) < 4.78 is 5.18. The van der Waals surface area contributed by atoms with E-state index in [1.807, 2.05) is 20.8 Å². The molecule has 94 valence electrons. The Bertz CT molecular complexity index is 235. The summed E-state index contributed by atoms with van der Waals surface area (Å²) in [5, 5.41) is 12.8. The molecule has 1 rings (SSSR count). The number of carbonyl (C=O) groups excluding carboxylic acids is 1. The molecule has 0 amide bonds. The van der Waals surface area contributed by atoms with Gasteiger partial charge in [-0.05, 0) is 33.6 Å². The van der Waals surface area contributed by atoms with Crippen molar-refractivity contribution in [1.82, 2.24) is 5.32 Å². The SMILES string of the molecule is CC(C)(C)OC(=O)CN[C@@H]1CCCC[C@H]1O. The molecule has 1 fully saturated rings. The van der Waals surface area contributed by atoms with Crippen LogP contribution in [0.4, 0.5) is 0 Å². The second kappa shape index (κ2) is 5.64. The number of nitrogens with one attached hydrogen (secondary N) is 1. The third kappa shape index (κ3) is 4.94. The smallest absolute Gasteiger partial charge is 0.320 e. The van der Waals surface area contributed by atoms with Gasteiger partial charge in [-0.1, -0.05) is 12.8 Å². The summed E-state index contributed by atoms with van der Waals surface area (Å²) >= 11 is 0. The molecule has 0 unspecified atom stereocenters. The van der Waals surface area contributed by atoms with Gasteiger partial charge >= 0.3 is 5.97 Å². The van der Waals surface area contributed by atoms with Crippen LogP contribution in [0.25, 0.3) is 0 Å². The van der Waals surface area contributed by atoms with E-state index >= 15 is 0 Å². The van der Waals surface area contributed by atoms with Crippen LogP contribution >= 0.6 is 0 Å². The molecule has 4 nitrogen and oxygen atoms in total. The third-order valence-corrected chi connectivity index (χ3v) is 2.66. The van der Waals surface area contributed by atoms with Crippen molar-refractivity contribution in [3.05, 3.63) is 0 Å². The second-order valence-electron chi connectivity index (χ2n) is 5.43. The molecule has 1 saturated carbocycles. The Hall–Kier alpha value is -0.610. The van der Waals surface area contributed by atoms with Gasteiger partial charge in [-0.2, -0.15) is 0 Å². The van der Waals surface area contributed by atoms with Gasteiger partial charge in [-0.25, -0.2) is 0 Å². The molecule has 0 bridgehead atoms. The molecule has 0 aliphatic heterocycles. The van der Waals surface area contributed by atoms with Gasteiger partial charge in [0, 0.05) is 6.04 Å². The number of rotatable bonds is 3. The molecule has 1 aliphatic rings. The number of hydrogen-bond acceptors (Lipinski definition) is 4. The van der Waals surface area contributed by atoms with Crippen molar-refractivity contribution in [1.29, 1.82) is 0 Å². The summed E-state index contributed by atoms with van der Waals surface area (Å²) in [6.45, 7) is 5.72. The number of carbonyl (C=O) groups is 1. The van der Waals surface area contributed by atoms with E-state index in [2.05, 4.69) is 5.32 Å². The maximum Gasteiger partial charge on any atom is 0.320 e. The molecule has 0 radical (unpaired) electrons.